The summed E-state index contributed by atoms with van der Waals surface area (Å²) in [5.74, 6) is -1.11. The highest BCUT2D eigenvalue weighted by Crippen LogP contribution is 2.29. The van der Waals surface area contributed by atoms with E-state index in [0.717, 1.165) is 37.9 Å². The average Bonchev–Trinajstić information content (AvgIpc) is 2.17. The number of hydrogen-bond donors (Lipinski definition) is 1. The largest absolute Gasteiger partial charge is 0.310 e. The first-order valence-corrected chi connectivity index (χ1v) is 5.44. The molecule has 0 bridgehead atoms. The van der Waals surface area contributed by atoms with E-state index in [-0.39, 0.29) is 16.6 Å². The molecule has 0 radical (unpaired) electrons. The molecule has 1 heterocycles. The first kappa shape index (κ1) is 10.8. The molecule has 1 fully saturated rings. The third-order valence-corrected chi connectivity index (χ3v) is 2.92. The number of nitrogens with one attached hydrogen (secondary N) is 1. The van der Waals surface area contributed by atoms with E-state index >= 15 is 0 Å². The molecule has 1 aliphatic rings. The van der Waals surface area contributed by atoms with Crippen molar-refractivity contribution in [3.63, 3.8) is 0 Å². The van der Waals surface area contributed by atoms with Gasteiger partial charge in [-0.2, -0.15) is 0 Å². The second-order valence-electron chi connectivity index (χ2n) is 3.79. The van der Waals surface area contributed by atoms with Crippen LogP contribution >= 0.6 is 11.6 Å². The number of halogens is 3. The number of piperidine rings is 1. The van der Waals surface area contributed by atoms with Crippen LogP contribution in [0, 0.1) is 11.6 Å². The Bertz CT molecular complexity index is 339. The Morgan fingerprint density at radius 3 is 2.40 bits per heavy atom. The Morgan fingerprint density at radius 2 is 1.87 bits per heavy atom. The van der Waals surface area contributed by atoms with Crippen LogP contribution in [0.25, 0.3) is 0 Å². The van der Waals surface area contributed by atoms with Crippen molar-refractivity contribution in [2.24, 2.45) is 0 Å². The molecule has 1 saturated heterocycles. The van der Waals surface area contributed by atoms with E-state index in [2.05, 4.69) is 5.32 Å². The van der Waals surface area contributed by atoms with Gasteiger partial charge in [-0.05, 0) is 31.5 Å². The maximum atomic E-state index is 13.5. The highest BCUT2D eigenvalue weighted by atomic mass is 35.5. The quantitative estimate of drug-likeness (QED) is 0.781. The minimum atomic E-state index is -0.556. The molecule has 1 atom stereocenters. The second kappa shape index (κ2) is 4.45. The van der Waals surface area contributed by atoms with Crippen molar-refractivity contribution in [1.82, 2.24) is 5.32 Å². The van der Waals surface area contributed by atoms with Gasteiger partial charge in [-0.3, -0.25) is 0 Å². The molecule has 0 aromatic heterocycles. The van der Waals surface area contributed by atoms with E-state index in [0.29, 0.717) is 0 Å². The van der Waals surface area contributed by atoms with Gasteiger partial charge in [0.05, 0.1) is 0 Å². The molecule has 1 aromatic rings. The van der Waals surface area contributed by atoms with Crippen molar-refractivity contribution >= 4 is 11.6 Å². The normalized spacial score (nSPS) is 21.7. The van der Waals surface area contributed by atoms with E-state index in [9.17, 15) is 8.78 Å². The van der Waals surface area contributed by atoms with Crippen molar-refractivity contribution in [2.45, 2.75) is 25.3 Å². The van der Waals surface area contributed by atoms with E-state index in [1.54, 1.807) is 0 Å². The Hall–Kier alpha value is -0.670. The predicted molar refractivity (Wildman–Crippen MR) is 56.0 cm³/mol. The van der Waals surface area contributed by atoms with Crippen LogP contribution < -0.4 is 5.32 Å². The van der Waals surface area contributed by atoms with Gasteiger partial charge in [-0.1, -0.05) is 18.0 Å². The fraction of sp³-hybridized carbons (Fsp3) is 0.455. The van der Waals surface area contributed by atoms with E-state index < -0.39 is 11.6 Å². The van der Waals surface area contributed by atoms with E-state index in [1.807, 2.05) is 0 Å². The highest BCUT2D eigenvalue weighted by Gasteiger charge is 2.22. The molecule has 4 heteroatoms. The molecule has 0 unspecified atom stereocenters. The third kappa shape index (κ3) is 2.29. The summed E-state index contributed by atoms with van der Waals surface area (Å²) in [5, 5.41) is 3.21. The summed E-state index contributed by atoms with van der Waals surface area (Å²) in [6, 6.07) is 2.11. The molecule has 15 heavy (non-hydrogen) atoms. The van der Waals surface area contributed by atoms with Crippen molar-refractivity contribution in [3.05, 3.63) is 34.4 Å². The van der Waals surface area contributed by atoms with E-state index in [1.165, 1.54) is 0 Å². The molecular formula is C11H12ClF2N. The summed E-state index contributed by atoms with van der Waals surface area (Å²) in [6.45, 7) is 0.812. The maximum Gasteiger partial charge on any atom is 0.132 e. The average molecular weight is 232 g/mol. The second-order valence-corrected chi connectivity index (χ2v) is 4.22. The predicted octanol–water partition coefficient (Wildman–Crippen LogP) is 3.43. The van der Waals surface area contributed by atoms with Crippen LogP contribution in [0.5, 0.6) is 0 Å². The molecule has 1 aromatic carbocycles. The van der Waals surface area contributed by atoms with Crippen LogP contribution in [0.4, 0.5) is 8.78 Å². The smallest absolute Gasteiger partial charge is 0.132 e. The van der Waals surface area contributed by atoms with Gasteiger partial charge in [-0.25, -0.2) is 8.78 Å². The van der Waals surface area contributed by atoms with Gasteiger partial charge in [0, 0.05) is 16.6 Å². The van der Waals surface area contributed by atoms with Gasteiger partial charge in [0.1, 0.15) is 11.6 Å². The lowest BCUT2D eigenvalue weighted by molar-refractivity contribution is 0.385. The van der Waals surface area contributed by atoms with E-state index in [4.69, 9.17) is 11.6 Å². The van der Waals surface area contributed by atoms with Crippen molar-refractivity contribution < 1.29 is 8.78 Å². The molecule has 1 nitrogen and oxygen atoms in total. The zero-order chi connectivity index (χ0) is 10.8. The summed E-state index contributed by atoms with van der Waals surface area (Å²) >= 11 is 5.56. The first-order chi connectivity index (χ1) is 7.18. The van der Waals surface area contributed by atoms with Crippen LogP contribution in [0.3, 0.4) is 0 Å². The van der Waals surface area contributed by atoms with Crippen LogP contribution in [0.15, 0.2) is 12.1 Å². The molecule has 1 N–H and O–H groups in total. The number of rotatable bonds is 1. The minimum Gasteiger partial charge on any atom is -0.310 e. The fourth-order valence-electron chi connectivity index (χ4n) is 1.98. The molecule has 0 amide bonds. The highest BCUT2D eigenvalue weighted by molar-refractivity contribution is 6.30. The SMILES string of the molecule is Fc1cc(Cl)cc(F)c1[C@@H]1CCCCN1. The first-order valence-electron chi connectivity index (χ1n) is 5.06. The molecule has 0 spiro atoms. The Kier molecular flexibility index (Phi) is 3.22. The Morgan fingerprint density at radius 1 is 1.20 bits per heavy atom. The molecule has 2 rings (SSSR count). The lowest BCUT2D eigenvalue weighted by Crippen LogP contribution is -2.28. The summed E-state index contributed by atoms with van der Waals surface area (Å²) < 4.78 is 27.1. The topological polar surface area (TPSA) is 12.0 Å². The van der Waals surface area contributed by atoms with Gasteiger partial charge in [0.2, 0.25) is 0 Å². The van der Waals surface area contributed by atoms with Crippen molar-refractivity contribution in [3.8, 4) is 0 Å². The molecular weight excluding hydrogens is 220 g/mol. The maximum absolute atomic E-state index is 13.5. The van der Waals surface area contributed by atoms with Gasteiger partial charge < -0.3 is 5.32 Å². The van der Waals surface area contributed by atoms with Gasteiger partial charge in [0.15, 0.2) is 0 Å². The van der Waals surface area contributed by atoms with Crippen LogP contribution in [0.2, 0.25) is 5.02 Å². The lowest BCUT2D eigenvalue weighted by atomic mass is 9.97. The minimum absolute atomic E-state index is 0.101. The summed E-state index contributed by atoms with van der Waals surface area (Å²) in [6.07, 6.45) is 2.84. The molecule has 0 aliphatic carbocycles. The van der Waals surface area contributed by atoms with Crippen LogP contribution in [0.1, 0.15) is 30.9 Å². The Labute approximate surface area is 92.4 Å². The molecule has 82 valence electrons. The molecule has 1 aliphatic heterocycles. The number of hydrogen-bond acceptors (Lipinski definition) is 1. The van der Waals surface area contributed by atoms with Crippen molar-refractivity contribution in [2.75, 3.05) is 6.54 Å². The van der Waals surface area contributed by atoms with Gasteiger partial charge >= 0.3 is 0 Å². The van der Waals surface area contributed by atoms with Crippen molar-refractivity contribution in [1.29, 1.82) is 0 Å². The third-order valence-electron chi connectivity index (χ3n) is 2.70. The van der Waals surface area contributed by atoms with Gasteiger partial charge in [0.25, 0.3) is 0 Å². The Balaban J connectivity index is 2.33. The zero-order valence-electron chi connectivity index (χ0n) is 8.19. The standard InChI is InChI=1S/C11H12ClF2N/c12-7-5-8(13)11(9(14)6-7)10-3-1-2-4-15-10/h5-6,10,15H,1-4H2/t10-/m0/s1. The fourth-order valence-corrected chi connectivity index (χ4v) is 2.18. The monoisotopic (exact) mass is 231 g/mol. The van der Waals surface area contributed by atoms with Crippen LogP contribution in [-0.2, 0) is 0 Å². The zero-order valence-corrected chi connectivity index (χ0v) is 8.95. The van der Waals surface area contributed by atoms with Crippen LogP contribution in [-0.4, -0.2) is 6.54 Å². The summed E-state index contributed by atoms with van der Waals surface area (Å²) in [7, 11) is 0. The number of benzene rings is 1. The lowest BCUT2D eigenvalue weighted by Gasteiger charge is -2.24. The summed E-state index contributed by atoms with van der Waals surface area (Å²) in [5.41, 5.74) is 0.124. The van der Waals surface area contributed by atoms with Gasteiger partial charge in [-0.15, -0.1) is 0 Å². The molecule has 0 saturated carbocycles. The summed E-state index contributed by atoms with van der Waals surface area (Å²) in [4.78, 5) is 0.